The molecule has 0 saturated heterocycles. The zero-order chi connectivity index (χ0) is 15.3. The Balaban J connectivity index is 3.07. The van der Waals surface area contributed by atoms with Gasteiger partial charge in [-0.1, -0.05) is 0 Å². The van der Waals surface area contributed by atoms with Crippen molar-refractivity contribution in [2.24, 2.45) is 0 Å². The summed E-state index contributed by atoms with van der Waals surface area (Å²) in [5, 5.41) is 10.8. The number of aliphatic carboxylic acids is 1. The molecule has 1 unspecified atom stereocenters. The fourth-order valence-corrected chi connectivity index (χ4v) is 2.11. The van der Waals surface area contributed by atoms with E-state index >= 15 is 0 Å². The van der Waals surface area contributed by atoms with Gasteiger partial charge in [0.1, 0.15) is 6.67 Å². The lowest BCUT2D eigenvalue weighted by atomic mass is 10.1. The van der Waals surface area contributed by atoms with Crippen molar-refractivity contribution in [3.8, 4) is 11.5 Å². The first-order valence-corrected chi connectivity index (χ1v) is 6.53. The van der Waals surface area contributed by atoms with Crippen LogP contribution in [0.25, 0.3) is 0 Å². The predicted molar refractivity (Wildman–Crippen MR) is 77.1 cm³/mol. The first kappa shape index (κ1) is 16.5. The monoisotopic (exact) mass is 397 g/mol. The maximum absolute atomic E-state index is 12.5. The number of methoxy groups -OCH3 is 2. The summed E-state index contributed by atoms with van der Waals surface area (Å²) in [6.45, 7) is -1.19. The van der Waals surface area contributed by atoms with E-state index in [1.807, 2.05) is 22.6 Å². The molecule has 1 atom stereocenters. The van der Waals surface area contributed by atoms with Gasteiger partial charge in [-0.15, -0.1) is 0 Å². The Morgan fingerprint density at radius 2 is 1.90 bits per heavy atom. The van der Waals surface area contributed by atoms with Gasteiger partial charge in [-0.2, -0.15) is 0 Å². The van der Waals surface area contributed by atoms with Crippen molar-refractivity contribution in [1.82, 2.24) is 5.32 Å². The fraction of sp³-hybridized carbons (Fsp3) is 0.333. The molecule has 1 aromatic rings. The molecule has 0 aliphatic heterocycles. The van der Waals surface area contributed by atoms with E-state index in [4.69, 9.17) is 14.6 Å². The highest BCUT2D eigenvalue weighted by Crippen LogP contribution is 2.31. The first-order chi connectivity index (χ1) is 9.44. The first-order valence-electron chi connectivity index (χ1n) is 5.45. The number of halogens is 2. The van der Waals surface area contributed by atoms with E-state index in [0.29, 0.717) is 15.1 Å². The summed E-state index contributed by atoms with van der Waals surface area (Å²) < 4.78 is 23.2. The Bertz CT molecular complexity index is 523. The van der Waals surface area contributed by atoms with Crippen LogP contribution >= 0.6 is 22.6 Å². The number of hydrogen-bond acceptors (Lipinski definition) is 4. The molecule has 0 spiro atoms. The SMILES string of the molecule is COc1cc(I)c(C(=O)NC(CF)C(=O)O)cc1OC. The number of amides is 1. The van der Waals surface area contributed by atoms with Crippen LogP contribution < -0.4 is 14.8 Å². The van der Waals surface area contributed by atoms with E-state index in [1.54, 1.807) is 6.07 Å². The highest BCUT2D eigenvalue weighted by atomic mass is 127. The minimum atomic E-state index is -1.58. The van der Waals surface area contributed by atoms with Gasteiger partial charge in [0.05, 0.1) is 19.8 Å². The number of rotatable bonds is 6. The minimum Gasteiger partial charge on any atom is -0.493 e. The molecule has 0 aliphatic rings. The number of carboxylic acid groups (broad SMARTS) is 1. The van der Waals surface area contributed by atoms with Crippen LogP contribution in [-0.4, -0.2) is 43.9 Å². The van der Waals surface area contributed by atoms with Gasteiger partial charge in [-0.05, 0) is 34.7 Å². The summed E-state index contributed by atoms with van der Waals surface area (Å²) in [4.78, 5) is 22.7. The number of alkyl halides is 1. The third-order valence-electron chi connectivity index (χ3n) is 2.48. The van der Waals surface area contributed by atoms with Gasteiger partial charge >= 0.3 is 5.97 Å². The second-order valence-corrected chi connectivity index (χ2v) is 4.87. The fourth-order valence-electron chi connectivity index (χ4n) is 1.43. The second kappa shape index (κ2) is 7.27. The average Bonchev–Trinajstić information content (AvgIpc) is 2.43. The van der Waals surface area contributed by atoms with Gasteiger partial charge in [-0.3, -0.25) is 4.79 Å². The molecule has 20 heavy (non-hydrogen) atoms. The lowest BCUT2D eigenvalue weighted by Gasteiger charge is -2.14. The Kier molecular flexibility index (Phi) is 5.99. The number of nitrogens with one attached hydrogen (secondary N) is 1. The third-order valence-corrected chi connectivity index (χ3v) is 3.37. The van der Waals surface area contributed by atoms with Crippen LogP contribution in [0.1, 0.15) is 10.4 Å². The highest BCUT2D eigenvalue weighted by molar-refractivity contribution is 14.1. The van der Waals surface area contributed by atoms with E-state index in [1.165, 1.54) is 20.3 Å². The van der Waals surface area contributed by atoms with Crippen molar-refractivity contribution < 1.29 is 28.6 Å². The Morgan fingerprint density at radius 3 is 2.35 bits per heavy atom. The Morgan fingerprint density at radius 1 is 1.35 bits per heavy atom. The molecule has 0 heterocycles. The summed E-state index contributed by atoms with van der Waals surface area (Å²) in [7, 11) is 2.87. The van der Waals surface area contributed by atoms with Crippen LogP contribution in [0.4, 0.5) is 4.39 Å². The predicted octanol–water partition coefficient (Wildman–Crippen LogP) is 1.46. The molecule has 0 bridgehead atoms. The Labute approximate surface area is 128 Å². The van der Waals surface area contributed by atoms with E-state index in [0.717, 1.165) is 0 Å². The topological polar surface area (TPSA) is 84.9 Å². The van der Waals surface area contributed by atoms with Crippen molar-refractivity contribution in [2.45, 2.75) is 6.04 Å². The summed E-state index contributed by atoms with van der Waals surface area (Å²) in [5.41, 5.74) is 0.183. The number of benzene rings is 1. The maximum atomic E-state index is 12.5. The molecule has 0 fully saturated rings. The van der Waals surface area contributed by atoms with Gasteiger partial charge < -0.3 is 19.9 Å². The third kappa shape index (κ3) is 3.71. The molecule has 1 amide bonds. The number of ether oxygens (including phenoxy) is 2. The van der Waals surface area contributed by atoms with E-state index in [2.05, 4.69) is 5.32 Å². The van der Waals surface area contributed by atoms with Crippen LogP contribution in [0.2, 0.25) is 0 Å². The molecular weight excluding hydrogens is 384 g/mol. The summed E-state index contributed by atoms with van der Waals surface area (Å²) in [6, 6.07) is 1.40. The zero-order valence-corrected chi connectivity index (χ0v) is 12.9. The van der Waals surface area contributed by atoms with Crippen LogP contribution in [0.3, 0.4) is 0 Å². The molecular formula is C12H13FINO5. The number of carboxylic acids is 1. The van der Waals surface area contributed by atoms with E-state index in [9.17, 15) is 14.0 Å². The largest absolute Gasteiger partial charge is 0.493 e. The second-order valence-electron chi connectivity index (χ2n) is 3.71. The minimum absolute atomic E-state index is 0.183. The van der Waals surface area contributed by atoms with Gasteiger partial charge in [0, 0.05) is 3.57 Å². The number of carbonyl (C=O) groups excluding carboxylic acids is 1. The highest BCUT2D eigenvalue weighted by Gasteiger charge is 2.22. The molecule has 0 saturated carbocycles. The van der Waals surface area contributed by atoms with Crippen molar-refractivity contribution in [3.63, 3.8) is 0 Å². The molecule has 1 rings (SSSR count). The Hall–Kier alpha value is -1.58. The summed E-state index contributed by atoms with van der Waals surface area (Å²) >= 11 is 1.90. The molecule has 110 valence electrons. The normalized spacial score (nSPS) is 11.6. The van der Waals surface area contributed by atoms with Gasteiger partial charge in [0.25, 0.3) is 5.91 Å². The molecule has 1 aromatic carbocycles. The van der Waals surface area contributed by atoms with Crippen LogP contribution in [-0.2, 0) is 4.79 Å². The van der Waals surface area contributed by atoms with Crippen LogP contribution in [0, 0.1) is 3.57 Å². The average molecular weight is 397 g/mol. The molecule has 0 aliphatic carbocycles. The van der Waals surface area contributed by atoms with Gasteiger partial charge in [0.2, 0.25) is 0 Å². The smallest absolute Gasteiger partial charge is 0.328 e. The summed E-state index contributed by atoms with van der Waals surface area (Å²) in [5.74, 6) is -1.37. The lowest BCUT2D eigenvalue weighted by molar-refractivity contribution is -0.139. The van der Waals surface area contributed by atoms with Gasteiger partial charge in [-0.25, -0.2) is 9.18 Å². The molecule has 0 radical (unpaired) electrons. The number of hydrogen-bond donors (Lipinski definition) is 2. The van der Waals surface area contributed by atoms with Crippen molar-refractivity contribution >= 4 is 34.5 Å². The maximum Gasteiger partial charge on any atom is 0.328 e. The molecule has 6 nitrogen and oxygen atoms in total. The van der Waals surface area contributed by atoms with Crippen LogP contribution in [0.5, 0.6) is 11.5 Å². The van der Waals surface area contributed by atoms with Gasteiger partial charge in [0.15, 0.2) is 17.5 Å². The molecule has 0 aromatic heterocycles. The molecule has 2 N–H and O–H groups in total. The summed E-state index contributed by atoms with van der Waals surface area (Å²) in [6.07, 6.45) is 0. The van der Waals surface area contributed by atoms with E-state index < -0.39 is 24.6 Å². The van der Waals surface area contributed by atoms with Crippen molar-refractivity contribution in [1.29, 1.82) is 0 Å². The molecule has 8 heteroatoms. The van der Waals surface area contributed by atoms with Crippen molar-refractivity contribution in [3.05, 3.63) is 21.3 Å². The standard InChI is InChI=1S/C12H13FINO5/c1-19-9-3-6(7(14)4-10(9)20-2)11(16)15-8(5-13)12(17)18/h3-4,8H,5H2,1-2H3,(H,15,16)(H,17,18). The van der Waals surface area contributed by atoms with E-state index in [-0.39, 0.29) is 5.56 Å². The van der Waals surface area contributed by atoms with Crippen LogP contribution in [0.15, 0.2) is 12.1 Å². The number of carbonyl (C=O) groups is 2. The zero-order valence-electron chi connectivity index (χ0n) is 10.8. The quantitative estimate of drug-likeness (QED) is 0.711. The lowest BCUT2D eigenvalue weighted by Crippen LogP contribution is -2.42. The van der Waals surface area contributed by atoms with Crippen molar-refractivity contribution in [2.75, 3.05) is 20.9 Å².